The Morgan fingerprint density at radius 2 is 2.25 bits per heavy atom. The van der Waals surface area contributed by atoms with Crippen LogP contribution in [0.15, 0.2) is 29.3 Å². The summed E-state index contributed by atoms with van der Waals surface area (Å²) in [6.45, 7) is 2.71. The number of aliphatic imine (C=N–C) groups is 1. The van der Waals surface area contributed by atoms with E-state index >= 15 is 0 Å². The lowest BCUT2D eigenvalue weighted by atomic mass is 10.1. The van der Waals surface area contributed by atoms with Crippen molar-refractivity contribution in [2.24, 2.45) is 4.99 Å². The minimum Gasteiger partial charge on any atom is -0.293 e. The smallest absolute Gasteiger partial charge is 0.0998 e. The van der Waals surface area contributed by atoms with Crippen molar-refractivity contribution in [3.8, 4) is 6.07 Å². The van der Waals surface area contributed by atoms with Crippen LogP contribution in [0.5, 0.6) is 0 Å². The third kappa shape index (κ3) is 1.93. The summed E-state index contributed by atoms with van der Waals surface area (Å²) in [5, 5.41) is 8.71. The third-order valence-electron chi connectivity index (χ3n) is 1.49. The molecule has 0 aliphatic carbocycles. The summed E-state index contributed by atoms with van der Waals surface area (Å²) in [5.41, 5.74) is 1.57. The summed E-state index contributed by atoms with van der Waals surface area (Å²) >= 11 is 0. The second kappa shape index (κ2) is 4.30. The highest BCUT2D eigenvalue weighted by molar-refractivity contribution is 5.83. The summed E-state index contributed by atoms with van der Waals surface area (Å²) < 4.78 is 0. The summed E-state index contributed by atoms with van der Waals surface area (Å²) in [7, 11) is 0. The van der Waals surface area contributed by atoms with Crippen molar-refractivity contribution in [3.63, 3.8) is 0 Å². The average molecular weight is 158 g/mol. The lowest BCUT2D eigenvalue weighted by Crippen LogP contribution is -1.87. The third-order valence-corrected chi connectivity index (χ3v) is 1.49. The van der Waals surface area contributed by atoms with Crippen LogP contribution in [0.25, 0.3) is 0 Å². The molecule has 0 radical (unpaired) electrons. The van der Waals surface area contributed by atoms with E-state index in [1.165, 1.54) is 0 Å². The number of nitriles is 1. The van der Waals surface area contributed by atoms with Crippen LogP contribution in [0.1, 0.15) is 18.1 Å². The number of nitrogens with zero attached hydrogens (tertiary/aromatic N) is 2. The van der Waals surface area contributed by atoms with Crippen LogP contribution in [0.4, 0.5) is 0 Å². The van der Waals surface area contributed by atoms with Gasteiger partial charge in [0.1, 0.15) is 0 Å². The van der Waals surface area contributed by atoms with E-state index in [-0.39, 0.29) is 0 Å². The topological polar surface area (TPSA) is 36.1 Å². The van der Waals surface area contributed by atoms with Crippen LogP contribution >= 0.6 is 0 Å². The Bertz CT molecular complexity index is 321. The summed E-state index contributed by atoms with van der Waals surface area (Å²) in [5.74, 6) is 0. The van der Waals surface area contributed by atoms with Gasteiger partial charge in [-0.1, -0.05) is 18.2 Å². The number of benzene rings is 1. The van der Waals surface area contributed by atoms with Crippen molar-refractivity contribution in [3.05, 3.63) is 35.4 Å². The molecule has 1 aromatic rings. The molecule has 0 aromatic heterocycles. The molecular formula is C10H10N2. The standard InChI is InChI=1S/C10H10N2/c1-2-12-8-10-6-4-3-5-9(10)7-11/h3-6,8H,2H2,1H3/b12-8+. The molecule has 0 unspecified atom stereocenters. The summed E-state index contributed by atoms with van der Waals surface area (Å²) in [4.78, 5) is 4.07. The van der Waals surface area contributed by atoms with E-state index < -0.39 is 0 Å². The molecule has 0 atom stereocenters. The van der Waals surface area contributed by atoms with Gasteiger partial charge in [0.05, 0.1) is 11.6 Å². The second-order valence-electron chi connectivity index (χ2n) is 2.33. The molecule has 1 rings (SSSR count). The monoisotopic (exact) mass is 158 g/mol. The van der Waals surface area contributed by atoms with Gasteiger partial charge in [-0.2, -0.15) is 5.26 Å². The first-order valence-electron chi connectivity index (χ1n) is 3.87. The largest absolute Gasteiger partial charge is 0.293 e. The van der Waals surface area contributed by atoms with Crippen molar-refractivity contribution in [2.75, 3.05) is 6.54 Å². The van der Waals surface area contributed by atoms with Crippen LogP contribution < -0.4 is 0 Å². The molecule has 2 heteroatoms. The summed E-state index contributed by atoms with van der Waals surface area (Å²) in [6, 6.07) is 9.54. The molecule has 2 nitrogen and oxygen atoms in total. The Kier molecular flexibility index (Phi) is 3.04. The second-order valence-corrected chi connectivity index (χ2v) is 2.33. The molecule has 12 heavy (non-hydrogen) atoms. The van der Waals surface area contributed by atoms with Gasteiger partial charge in [-0.3, -0.25) is 4.99 Å². The first-order valence-corrected chi connectivity index (χ1v) is 3.87. The molecule has 0 saturated carbocycles. The van der Waals surface area contributed by atoms with Gasteiger partial charge < -0.3 is 0 Å². The predicted octanol–water partition coefficient (Wildman–Crippen LogP) is 2.00. The van der Waals surface area contributed by atoms with Gasteiger partial charge in [-0.15, -0.1) is 0 Å². The van der Waals surface area contributed by atoms with Gasteiger partial charge in [0, 0.05) is 18.3 Å². The van der Waals surface area contributed by atoms with Crippen LogP contribution in [0.2, 0.25) is 0 Å². The van der Waals surface area contributed by atoms with E-state index in [2.05, 4.69) is 11.1 Å². The molecular weight excluding hydrogens is 148 g/mol. The lowest BCUT2D eigenvalue weighted by Gasteiger charge is -1.93. The maximum absolute atomic E-state index is 8.71. The molecule has 0 spiro atoms. The van der Waals surface area contributed by atoms with Crippen molar-refractivity contribution in [1.82, 2.24) is 0 Å². The van der Waals surface area contributed by atoms with Crippen LogP contribution in [-0.4, -0.2) is 12.8 Å². The van der Waals surface area contributed by atoms with Gasteiger partial charge in [-0.05, 0) is 13.0 Å². The minimum absolute atomic E-state index is 0.676. The van der Waals surface area contributed by atoms with E-state index in [4.69, 9.17) is 5.26 Å². The molecule has 1 aromatic carbocycles. The van der Waals surface area contributed by atoms with Crippen molar-refractivity contribution in [2.45, 2.75) is 6.92 Å². The van der Waals surface area contributed by atoms with Gasteiger partial charge in [0.25, 0.3) is 0 Å². The highest BCUT2D eigenvalue weighted by Crippen LogP contribution is 2.03. The predicted molar refractivity (Wildman–Crippen MR) is 49.3 cm³/mol. The van der Waals surface area contributed by atoms with Crippen LogP contribution in [0, 0.1) is 11.3 Å². The molecule has 0 N–H and O–H groups in total. The van der Waals surface area contributed by atoms with Crippen molar-refractivity contribution in [1.29, 1.82) is 5.26 Å². The van der Waals surface area contributed by atoms with Gasteiger partial charge in [0.2, 0.25) is 0 Å². The molecule has 0 saturated heterocycles. The number of hydrogen-bond donors (Lipinski definition) is 0. The average Bonchev–Trinajstić information content (AvgIpc) is 2.15. The van der Waals surface area contributed by atoms with E-state index in [1.807, 2.05) is 25.1 Å². The highest BCUT2D eigenvalue weighted by atomic mass is 14.7. The van der Waals surface area contributed by atoms with Crippen molar-refractivity contribution >= 4 is 6.21 Å². The molecule has 0 bridgehead atoms. The maximum atomic E-state index is 8.71. The normalized spacial score (nSPS) is 10.0. The number of hydrogen-bond acceptors (Lipinski definition) is 2. The van der Waals surface area contributed by atoms with Crippen LogP contribution in [0.3, 0.4) is 0 Å². The summed E-state index contributed by atoms with van der Waals surface area (Å²) in [6.07, 6.45) is 1.73. The quantitative estimate of drug-likeness (QED) is 0.606. The lowest BCUT2D eigenvalue weighted by molar-refractivity contribution is 1.14. The molecule has 0 aliphatic heterocycles. The van der Waals surface area contributed by atoms with E-state index in [0.717, 1.165) is 12.1 Å². The Hall–Kier alpha value is -1.62. The zero-order chi connectivity index (χ0) is 8.81. The van der Waals surface area contributed by atoms with Gasteiger partial charge in [-0.25, -0.2) is 0 Å². The molecule has 0 fully saturated rings. The fourth-order valence-electron chi connectivity index (χ4n) is 0.901. The zero-order valence-electron chi connectivity index (χ0n) is 6.99. The minimum atomic E-state index is 0.676. The Morgan fingerprint density at radius 1 is 1.50 bits per heavy atom. The Labute approximate surface area is 72.2 Å². The Morgan fingerprint density at radius 3 is 2.92 bits per heavy atom. The fraction of sp³-hybridized carbons (Fsp3) is 0.200. The van der Waals surface area contributed by atoms with Crippen LogP contribution in [-0.2, 0) is 0 Å². The first-order chi connectivity index (χ1) is 5.88. The fourth-order valence-corrected chi connectivity index (χ4v) is 0.901. The number of rotatable bonds is 2. The zero-order valence-corrected chi connectivity index (χ0v) is 6.99. The molecule has 0 heterocycles. The highest BCUT2D eigenvalue weighted by Gasteiger charge is 1.94. The van der Waals surface area contributed by atoms with Crippen molar-refractivity contribution < 1.29 is 0 Å². The molecule has 0 amide bonds. The maximum Gasteiger partial charge on any atom is 0.0998 e. The Balaban J connectivity index is 2.99. The van der Waals surface area contributed by atoms with Gasteiger partial charge in [0.15, 0.2) is 0 Å². The first kappa shape index (κ1) is 8.48. The van der Waals surface area contributed by atoms with E-state index in [1.54, 1.807) is 12.3 Å². The SMILES string of the molecule is CC/N=C/c1ccccc1C#N. The van der Waals surface area contributed by atoms with E-state index in [9.17, 15) is 0 Å². The molecule has 0 aliphatic rings. The molecule has 60 valence electrons. The van der Waals surface area contributed by atoms with E-state index in [0.29, 0.717) is 5.56 Å². The van der Waals surface area contributed by atoms with Gasteiger partial charge >= 0.3 is 0 Å².